The van der Waals surface area contributed by atoms with E-state index in [1.54, 1.807) is 12.1 Å². The highest BCUT2D eigenvalue weighted by Crippen LogP contribution is 2.34. The predicted molar refractivity (Wildman–Crippen MR) is 72.9 cm³/mol. The number of amides is 1. The van der Waals surface area contributed by atoms with Gasteiger partial charge in [0.05, 0.1) is 17.6 Å². The largest absolute Gasteiger partial charge is 0.379 e. The smallest absolute Gasteiger partial charge is 0.292 e. The first-order chi connectivity index (χ1) is 9.63. The van der Waals surface area contributed by atoms with Crippen LogP contribution in [0, 0.1) is 10.1 Å². The van der Waals surface area contributed by atoms with E-state index < -0.39 is 4.92 Å². The van der Waals surface area contributed by atoms with Gasteiger partial charge in [-0.2, -0.15) is 0 Å². The fourth-order valence-corrected chi connectivity index (χ4v) is 2.55. The molecule has 0 radical (unpaired) electrons. The van der Waals surface area contributed by atoms with Gasteiger partial charge >= 0.3 is 0 Å². The Balaban J connectivity index is 1.95. The maximum atomic E-state index is 11.4. The number of hydrogen-bond donors (Lipinski definition) is 2. The van der Waals surface area contributed by atoms with Crippen LogP contribution in [0.15, 0.2) is 12.1 Å². The molecular formula is C13H15N3O4. The lowest BCUT2D eigenvalue weighted by Crippen LogP contribution is -2.22. The average molecular weight is 277 g/mol. The van der Waals surface area contributed by atoms with E-state index in [0.717, 1.165) is 12.0 Å². The van der Waals surface area contributed by atoms with Crippen molar-refractivity contribution in [2.45, 2.75) is 25.3 Å². The summed E-state index contributed by atoms with van der Waals surface area (Å²) in [5, 5.41) is 17.1. The zero-order chi connectivity index (χ0) is 14.1. The van der Waals surface area contributed by atoms with Crippen LogP contribution in [0.3, 0.4) is 0 Å². The molecule has 2 heterocycles. The van der Waals surface area contributed by atoms with E-state index in [1.807, 2.05) is 0 Å². The Kier molecular flexibility index (Phi) is 3.27. The maximum Gasteiger partial charge on any atom is 0.292 e. The van der Waals surface area contributed by atoms with Crippen LogP contribution < -0.4 is 10.6 Å². The molecule has 0 bridgehead atoms. The van der Waals surface area contributed by atoms with Crippen molar-refractivity contribution in [1.29, 1.82) is 0 Å². The van der Waals surface area contributed by atoms with E-state index in [1.165, 1.54) is 0 Å². The molecule has 1 aromatic rings. The Labute approximate surface area is 115 Å². The van der Waals surface area contributed by atoms with Crippen LogP contribution in [0.25, 0.3) is 0 Å². The number of anilines is 2. The second-order valence-corrected chi connectivity index (χ2v) is 5.04. The van der Waals surface area contributed by atoms with Gasteiger partial charge < -0.3 is 15.4 Å². The van der Waals surface area contributed by atoms with Gasteiger partial charge in [0.25, 0.3) is 5.69 Å². The number of benzene rings is 1. The summed E-state index contributed by atoms with van der Waals surface area (Å²) in [4.78, 5) is 22.2. The summed E-state index contributed by atoms with van der Waals surface area (Å²) in [5.74, 6) is -0.0542. The summed E-state index contributed by atoms with van der Waals surface area (Å²) in [6.07, 6.45) is 1.73. The first-order valence-electron chi connectivity index (χ1n) is 6.59. The molecule has 7 nitrogen and oxygen atoms in total. The Morgan fingerprint density at radius 3 is 2.95 bits per heavy atom. The number of nitrogens with zero attached hydrogens (tertiary/aromatic N) is 1. The number of carbonyl (C=O) groups is 1. The minimum absolute atomic E-state index is 0.0480. The third kappa shape index (κ3) is 2.44. The Bertz CT molecular complexity index is 567. The van der Waals surface area contributed by atoms with Gasteiger partial charge in [0.1, 0.15) is 5.69 Å². The number of hydrogen-bond acceptors (Lipinski definition) is 5. The molecule has 7 heteroatoms. The minimum atomic E-state index is -0.394. The summed E-state index contributed by atoms with van der Waals surface area (Å²) in [6.45, 7) is 1.20. The zero-order valence-corrected chi connectivity index (χ0v) is 10.8. The molecule has 1 fully saturated rings. The number of nitro benzene ring substituents is 1. The number of rotatable bonds is 3. The van der Waals surface area contributed by atoms with Crippen molar-refractivity contribution in [1.82, 2.24) is 0 Å². The molecular weight excluding hydrogens is 262 g/mol. The van der Waals surface area contributed by atoms with Gasteiger partial charge in [-0.1, -0.05) is 0 Å². The molecule has 0 aliphatic carbocycles. The van der Waals surface area contributed by atoms with Crippen LogP contribution >= 0.6 is 0 Å². The number of carbonyl (C=O) groups excluding carboxylic acids is 1. The van der Waals surface area contributed by atoms with Gasteiger partial charge in [-0.05, 0) is 24.5 Å². The van der Waals surface area contributed by atoms with E-state index in [2.05, 4.69) is 10.6 Å². The van der Waals surface area contributed by atoms with Crippen LogP contribution in [0.1, 0.15) is 18.4 Å². The van der Waals surface area contributed by atoms with Crippen molar-refractivity contribution in [3.63, 3.8) is 0 Å². The molecule has 0 spiro atoms. The van der Waals surface area contributed by atoms with Crippen molar-refractivity contribution in [2.24, 2.45) is 0 Å². The van der Waals surface area contributed by atoms with Gasteiger partial charge in [0.2, 0.25) is 5.91 Å². The van der Waals surface area contributed by atoms with Gasteiger partial charge in [-0.25, -0.2) is 0 Å². The molecule has 1 amide bonds. The summed E-state index contributed by atoms with van der Waals surface area (Å²) in [6, 6.07) is 3.28. The van der Waals surface area contributed by atoms with Crippen LogP contribution in [0.2, 0.25) is 0 Å². The fraction of sp³-hybridized carbons (Fsp3) is 0.462. The van der Waals surface area contributed by atoms with E-state index in [9.17, 15) is 14.9 Å². The summed E-state index contributed by atoms with van der Waals surface area (Å²) in [5.41, 5.74) is 1.95. The van der Waals surface area contributed by atoms with Gasteiger partial charge in [0.15, 0.2) is 0 Å². The van der Waals surface area contributed by atoms with Crippen molar-refractivity contribution >= 4 is 23.0 Å². The molecule has 20 heavy (non-hydrogen) atoms. The van der Waals surface area contributed by atoms with Crippen molar-refractivity contribution in [2.75, 3.05) is 23.8 Å². The highest BCUT2D eigenvalue weighted by Gasteiger charge is 2.25. The molecule has 2 aliphatic rings. The molecule has 1 atom stereocenters. The normalized spacial score (nSPS) is 21.2. The van der Waals surface area contributed by atoms with Crippen LogP contribution in [-0.2, 0) is 16.0 Å². The number of fused-ring (bicyclic) bond motifs is 1. The SMILES string of the molecule is O=C1CCc2cc([N+](=O)[O-])c(NC3CCOC3)cc2N1. The first-order valence-corrected chi connectivity index (χ1v) is 6.59. The molecule has 1 saturated heterocycles. The van der Waals surface area contributed by atoms with Crippen LogP contribution in [0.4, 0.5) is 17.1 Å². The van der Waals surface area contributed by atoms with Gasteiger partial charge in [-0.15, -0.1) is 0 Å². The fourth-order valence-electron chi connectivity index (χ4n) is 2.55. The number of nitrogens with one attached hydrogen (secondary N) is 2. The highest BCUT2D eigenvalue weighted by molar-refractivity contribution is 5.95. The van der Waals surface area contributed by atoms with E-state index in [4.69, 9.17) is 4.74 Å². The standard InChI is InChI=1S/C13H15N3O4/c17-13-2-1-8-5-12(16(18)19)11(6-10(8)15-13)14-9-3-4-20-7-9/h5-6,9,14H,1-4,7H2,(H,15,17). The molecule has 0 saturated carbocycles. The topological polar surface area (TPSA) is 93.5 Å². The molecule has 3 rings (SSSR count). The maximum absolute atomic E-state index is 11.4. The minimum Gasteiger partial charge on any atom is -0.379 e. The van der Waals surface area contributed by atoms with Crippen molar-refractivity contribution in [3.05, 3.63) is 27.8 Å². The average Bonchev–Trinajstić information content (AvgIpc) is 2.90. The summed E-state index contributed by atoms with van der Waals surface area (Å²) in [7, 11) is 0. The van der Waals surface area contributed by atoms with E-state index >= 15 is 0 Å². The summed E-state index contributed by atoms with van der Waals surface area (Å²) >= 11 is 0. The number of aryl methyl sites for hydroxylation is 1. The molecule has 106 valence electrons. The van der Waals surface area contributed by atoms with Gasteiger partial charge in [0, 0.05) is 24.8 Å². The quantitative estimate of drug-likeness (QED) is 0.647. The molecule has 2 aliphatic heterocycles. The van der Waals surface area contributed by atoms with Crippen molar-refractivity contribution < 1.29 is 14.5 Å². The third-order valence-corrected chi connectivity index (χ3v) is 3.60. The Morgan fingerprint density at radius 1 is 1.40 bits per heavy atom. The predicted octanol–water partition coefficient (Wildman–Crippen LogP) is 1.68. The molecule has 0 aromatic heterocycles. The van der Waals surface area contributed by atoms with Crippen LogP contribution in [0.5, 0.6) is 0 Å². The Morgan fingerprint density at radius 2 is 2.25 bits per heavy atom. The Hall–Kier alpha value is -2.15. The zero-order valence-electron chi connectivity index (χ0n) is 10.8. The second kappa shape index (κ2) is 5.09. The molecule has 1 unspecified atom stereocenters. The lowest BCUT2D eigenvalue weighted by Gasteiger charge is -2.19. The van der Waals surface area contributed by atoms with Crippen molar-refractivity contribution in [3.8, 4) is 0 Å². The second-order valence-electron chi connectivity index (χ2n) is 5.04. The monoisotopic (exact) mass is 277 g/mol. The lowest BCUT2D eigenvalue weighted by molar-refractivity contribution is -0.384. The first kappa shape index (κ1) is 12.9. The lowest BCUT2D eigenvalue weighted by atomic mass is 10.0. The molecule has 2 N–H and O–H groups in total. The molecule has 1 aromatic carbocycles. The van der Waals surface area contributed by atoms with Gasteiger partial charge in [-0.3, -0.25) is 14.9 Å². The van der Waals surface area contributed by atoms with Crippen LogP contribution in [-0.4, -0.2) is 30.1 Å². The third-order valence-electron chi connectivity index (χ3n) is 3.60. The van der Waals surface area contributed by atoms with E-state index in [0.29, 0.717) is 37.4 Å². The summed E-state index contributed by atoms with van der Waals surface area (Å²) < 4.78 is 5.26. The number of nitro groups is 1. The number of ether oxygens (including phenoxy) is 1. The highest BCUT2D eigenvalue weighted by atomic mass is 16.6. The van der Waals surface area contributed by atoms with E-state index in [-0.39, 0.29) is 17.6 Å².